The Hall–Kier alpha value is -3.24. The number of benzene rings is 3. The topological polar surface area (TPSA) is 56.9 Å². The van der Waals surface area contributed by atoms with Crippen molar-refractivity contribution in [3.8, 4) is 11.3 Å². The molecule has 4 rings (SSSR count). The smallest absolute Gasteiger partial charge is 0.323 e. The van der Waals surface area contributed by atoms with Gasteiger partial charge in [-0.3, -0.25) is 0 Å². The van der Waals surface area contributed by atoms with Gasteiger partial charge in [0.1, 0.15) is 0 Å². The largest absolute Gasteiger partial charge is 0.355 e. The molecule has 4 aromatic rings. The van der Waals surface area contributed by atoms with Gasteiger partial charge in [-0.2, -0.15) is 0 Å². The van der Waals surface area contributed by atoms with Gasteiger partial charge in [0.15, 0.2) is 0 Å². The van der Waals surface area contributed by atoms with Gasteiger partial charge in [-0.1, -0.05) is 54.1 Å². The zero-order valence-electron chi connectivity index (χ0n) is 13.8. The lowest BCUT2D eigenvalue weighted by Crippen LogP contribution is -2.19. The van der Waals surface area contributed by atoms with Crippen molar-refractivity contribution in [3.05, 3.63) is 83.9 Å². The Balaban J connectivity index is 1.47. The zero-order valence-corrected chi connectivity index (χ0v) is 14.5. The number of fused-ring (bicyclic) bond motifs is 1. The summed E-state index contributed by atoms with van der Waals surface area (Å²) in [7, 11) is 0. The van der Waals surface area contributed by atoms with Crippen molar-refractivity contribution >= 4 is 39.9 Å². The minimum atomic E-state index is -0.337. The van der Waals surface area contributed by atoms with Gasteiger partial charge in [0.2, 0.25) is 0 Å². The van der Waals surface area contributed by atoms with Gasteiger partial charge in [0, 0.05) is 22.3 Å². The Bertz CT molecular complexity index is 1040. The molecule has 0 unspecified atom stereocenters. The third-order valence-electron chi connectivity index (χ3n) is 4.11. The SMILES string of the molecule is O=C(Nc1ccc(-c2cc3ccccc3[nH]2)cc1)Nc1ccccc1Cl. The Labute approximate surface area is 155 Å². The molecule has 0 aliphatic carbocycles. The second-order valence-electron chi connectivity index (χ2n) is 5.91. The lowest BCUT2D eigenvalue weighted by molar-refractivity contribution is 0.262. The molecule has 0 saturated heterocycles. The predicted molar refractivity (Wildman–Crippen MR) is 108 cm³/mol. The highest BCUT2D eigenvalue weighted by molar-refractivity contribution is 6.33. The predicted octanol–water partition coefficient (Wildman–Crippen LogP) is 6.13. The summed E-state index contributed by atoms with van der Waals surface area (Å²) in [6, 6.07) is 24.7. The molecule has 1 aromatic heterocycles. The van der Waals surface area contributed by atoms with Gasteiger partial charge in [0.05, 0.1) is 10.7 Å². The number of para-hydroxylation sites is 2. The van der Waals surface area contributed by atoms with E-state index in [0.29, 0.717) is 16.4 Å². The maximum absolute atomic E-state index is 12.1. The first-order valence-electron chi connectivity index (χ1n) is 8.20. The van der Waals surface area contributed by atoms with Crippen molar-refractivity contribution in [1.82, 2.24) is 4.98 Å². The summed E-state index contributed by atoms with van der Waals surface area (Å²) in [5, 5.41) is 7.21. The van der Waals surface area contributed by atoms with Crippen LogP contribution in [-0.4, -0.2) is 11.0 Å². The molecule has 1 heterocycles. The minimum Gasteiger partial charge on any atom is -0.355 e. The monoisotopic (exact) mass is 361 g/mol. The second-order valence-corrected chi connectivity index (χ2v) is 6.31. The molecule has 0 radical (unpaired) electrons. The number of amides is 2. The molecule has 0 atom stereocenters. The van der Waals surface area contributed by atoms with Crippen LogP contribution in [0.15, 0.2) is 78.9 Å². The van der Waals surface area contributed by atoms with Crippen molar-refractivity contribution in [2.75, 3.05) is 10.6 Å². The van der Waals surface area contributed by atoms with Crippen LogP contribution in [0.4, 0.5) is 16.2 Å². The molecule has 3 aromatic carbocycles. The average Bonchev–Trinajstić information content (AvgIpc) is 3.08. The van der Waals surface area contributed by atoms with E-state index in [4.69, 9.17) is 11.6 Å². The van der Waals surface area contributed by atoms with Gasteiger partial charge in [-0.15, -0.1) is 0 Å². The number of aromatic nitrogens is 1. The fraction of sp³-hybridized carbons (Fsp3) is 0. The van der Waals surface area contributed by atoms with E-state index in [1.807, 2.05) is 54.6 Å². The summed E-state index contributed by atoms with van der Waals surface area (Å²) in [5.74, 6) is 0. The van der Waals surface area contributed by atoms with E-state index in [9.17, 15) is 4.79 Å². The van der Waals surface area contributed by atoms with Gasteiger partial charge >= 0.3 is 6.03 Å². The number of carbonyl (C=O) groups is 1. The number of urea groups is 1. The average molecular weight is 362 g/mol. The van der Waals surface area contributed by atoms with E-state index in [0.717, 1.165) is 16.8 Å². The van der Waals surface area contributed by atoms with E-state index in [-0.39, 0.29) is 6.03 Å². The first kappa shape index (κ1) is 16.2. The Kier molecular flexibility index (Phi) is 4.33. The molecule has 26 heavy (non-hydrogen) atoms. The first-order valence-corrected chi connectivity index (χ1v) is 8.57. The molecule has 0 aliphatic heterocycles. The second kappa shape index (κ2) is 6.94. The molecule has 5 heteroatoms. The fourth-order valence-electron chi connectivity index (χ4n) is 2.81. The van der Waals surface area contributed by atoms with Crippen LogP contribution in [0.1, 0.15) is 0 Å². The molecule has 2 amide bonds. The van der Waals surface area contributed by atoms with Crippen LogP contribution in [-0.2, 0) is 0 Å². The number of halogens is 1. The molecule has 0 fully saturated rings. The quantitative estimate of drug-likeness (QED) is 0.403. The van der Waals surface area contributed by atoms with E-state index in [1.165, 1.54) is 5.39 Å². The van der Waals surface area contributed by atoms with Crippen LogP contribution in [0.25, 0.3) is 22.2 Å². The third kappa shape index (κ3) is 3.41. The van der Waals surface area contributed by atoms with E-state index in [2.05, 4.69) is 27.8 Å². The zero-order chi connectivity index (χ0) is 17.9. The number of anilines is 2. The van der Waals surface area contributed by atoms with Gasteiger partial charge in [0.25, 0.3) is 0 Å². The van der Waals surface area contributed by atoms with Crippen LogP contribution in [0, 0.1) is 0 Å². The molecule has 0 spiro atoms. The summed E-state index contributed by atoms with van der Waals surface area (Å²) >= 11 is 6.05. The van der Waals surface area contributed by atoms with Gasteiger partial charge in [-0.25, -0.2) is 4.79 Å². The van der Waals surface area contributed by atoms with Crippen molar-refractivity contribution < 1.29 is 4.79 Å². The summed E-state index contributed by atoms with van der Waals surface area (Å²) in [4.78, 5) is 15.5. The highest BCUT2D eigenvalue weighted by Crippen LogP contribution is 2.25. The Morgan fingerprint density at radius 1 is 0.846 bits per heavy atom. The number of aromatic amines is 1. The standard InChI is InChI=1S/C21H16ClN3O/c22-17-6-2-4-8-19(17)25-21(26)23-16-11-9-14(10-12-16)20-13-15-5-1-3-7-18(15)24-20/h1-13,24H,(H2,23,25,26). The number of hydrogen-bond donors (Lipinski definition) is 3. The number of carbonyl (C=O) groups excluding carboxylic acids is 1. The summed E-state index contributed by atoms with van der Waals surface area (Å²) in [5.41, 5.74) is 4.47. The fourth-order valence-corrected chi connectivity index (χ4v) is 2.99. The lowest BCUT2D eigenvalue weighted by Gasteiger charge is -2.09. The first-order chi connectivity index (χ1) is 12.7. The van der Waals surface area contributed by atoms with Gasteiger partial charge < -0.3 is 15.6 Å². The van der Waals surface area contributed by atoms with Crippen LogP contribution < -0.4 is 10.6 Å². The molecule has 4 nitrogen and oxygen atoms in total. The van der Waals surface area contributed by atoms with E-state index >= 15 is 0 Å². The maximum atomic E-state index is 12.1. The third-order valence-corrected chi connectivity index (χ3v) is 4.44. The van der Waals surface area contributed by atoms with Crippen LogP contribution in [0.3, 0.4) is 0 Å². The van der Waals surface area contributed by atoms with Crippen molar-refractivity contribution in [1.29, 1.82) is 0 Å². The van der Waals surface area contributed by atoms with Crippen LogP contribution >= 0.6 is 11.6 Å². The van der Waals surface area contributed by atoms with E-state index < -0.39 is 0 Å². The molecule has 3 N–H and O–H groups in total. The molecular weight excluding hydrogens is 346 g/mol. The maximum Gasteiger partial charge on any atom is 0.323 e. The Morgan fingerprint density at radius 2 is 1.58 bits per heavy atom. The Morgan fingerprint density at radius 3 is 2.35 bits per heavy atom. The normalized spacial score (nSPS) is 10.7. The summed E-state index contributed by atoms with van der Waals surface area (Å²) in [6.07, 6.45) is 0. The highest BCUT2D eigenvalue weighted by atomic mass is 35.5. The van der Waals surface area contributed by atoms with Crippen molar-refractivity contribution in [2.24, 2.45) is 0 Å². The summed E-state index contributed by atoms with van der Waals surface area (Å²) in [6.45, 7) is 0. The number of hydrogen-bond acceptors (Lipinski definition) is 1. The van der Waals surface area contributed by atoms with Crippen LogP contribution in [0.2, 0.25) is 5.02 Å². The molecule has 128 valence electrons. The van der Waals surface area contributed by atoms with E-state index in [1.54, 1.807) is 12.1 Å². The summed E-state index contributed by atoms with van der Waals surface area (Å²) < 4.78 is 0. The van der Waals surface area contributed by atoms with Gasteiger partial charge in [-0.05, 0) is 42.0 Å². The molecule has 0 aliphatic rings. The molecule has 0 bridgehead atoms. The number of rotatable bonds is 3. The highest BCUT2D eigenvalue weighted by Gasteiger charge is 2.07. The van der Waals surface area contributed by atoms with Crippen LogP contribution in [0.5, 0.6) is 0 Å². The number of H-pyrrole nitrogens is 1. The lowest BCUT2D eigenvalue weighted by atomic mass is 10.1. The molecule has 0 saturated carbocycles. The number of nitrogens with one attached hydrogen (secondary N) is 3. The van der Waals surface area contributed by atoms with Crippen molar-refractivity contribution in [3.63, 3.8) is 0 Å². The minimum absolute atomic E-state index is 0.337. The van der Waals surface area contributed by atoms with Crippen molar-refractivity contribution in [2.45, 2.75) is 0 Å². The molecular formula is C21H16ClN3O.